The molecule has 0 fully saturated rings. The Morgan fingerprint density at radius 3 is 2.43 bits per heavy atom. The zero-order valence-corrected chi connectivity index (χ0v) is 4.72. The van der Waals surface area contributed by atoms with Crippen molar-refractivity contribution in [3.05, 3.63) is 0 Å². The van der Waals surface area contributed by atoms with E-state index in [2.05, 4.69) is 0 Å². The van der Waals surface area contributed by atoms with Crippen LogP contribution < -0.4 is 5.73 Å². The summed E-state index contributed by atoms with van der Waals surface area (Å²) in [5.41, 5.74) is 5.17. The normalized spacial score (nSPS) is 14.1. The predicted molar refractivity (Wildman–Crippen MR) is 30.0 cm³/mol. The smallest absolute Gasteiger partial charge is 0.0512 e. The van der Waals surface area contributed by atoms with Crippen molar-refractivity contribution in [2.24, 2.45) is 5.73 Å². The Bertz CT molecular complexity index is 37.1. The molecule has 7 heavy (non-hydrogen) atoms. The summed E-state index contributed by atoms with van der Waals surface area (Å²) in [6.07, 6.45) is 1.58. The number of aliphatic hydroxyl groups is 1. The molecule has 0 unspecified atom stereocenters. The van der Waals surface area contributed by atoms with Crippen LogP contribution in [0.4, 0.5) is 0 Å². The Morgan fingerprint density at radius 2 is 2.29 bits per heavy atom. The molecule has 0 aromatic rings. The summed E-state index contributed by atoms with van der Waals surface area (Å²) in [7, 11) is 0. The maximum atomic E-state index is 8.63. The molecular formula is C5H13NO. The predicted octanol–water partition coefficient (Wildman–Crippen LogP) is 0.106. The van der Waals surface area contributed by atoms with E-state index in [4.69, 9.17) is 10.8 Å². The molecule has 0 aliphatic heterocycles. The van der Waals surface area contributed by atoms with Gasteiger partial charge in [-0.05, 0) is 26.3 Å². The van der Waals surface area contributed by atoms with Gasteiger partial charge in [0.1, 0.15) is 0 Å². The third-order valence-electron chi connectivity index (χ3n) is 0.826. The largest absolute Gasteiger partial charge is 0.393 e. The Hall–Kier alpha value is -0.0800. The van der Waals surface area contributed by atoms with Crippen LogP contribution in [0, 0.1) is 0 Å². The van der Waals surface area contributed by atoms with E-state index in [1.807, 2.05) is 0 Å². The van der Waals surface area contributed by atoms with E-state index in [-0.39, 0.29) is 6.10 Å². The molecule has 0 bridgehead atoms. The van der Waals surface area contributed by atoms with Gasteiger partial charge in [0.15, 0.2) is 0 Å². The number of hydrogen-bond acceptors (Lipinski definition) is 2. The molecule has 0 rings (SSSR count). The quantitative estimate of drug-likeness (QED) is 0.532. The van der Waals surface area contributed by atoms with Gasteiger partial charge in [-0.15, -0.1) is 0 Å². The van der Waals surface area contributed by atoms with Gasteiger partial charge in [-0.2, -0.15) is 0 Å². The molecule has 0 saturated carbocycles. The number of hydrogen-bond donors (Lipinski definition) is 2. The minimum absolute atomic E-state index is 0.177. The maximum absolute atomic E-state index is 8.63. The average molecular weight is 103 g/mol. The summed E-state index contributed by atoms with van der Waals surface area (Å²) >= 11 is 0. The lowest BCUT2D eigenvalue weighted by molar-refractivity contribution is 0.182. The lowest BCUT2D eigenvalue weighted by Crippen LogP contribution is -2.05. The fourth-order valence-corrected chi connectivity index (χ4v) is 0.413. The number of aliphatic hydroxyl groups excluding tert-OH is 1. The number of rotatable bonds is 3. The van der Waals surface area contributed by atoms with Crippen molar-refractivity contribution in [3.63, 3.8) is 0 Å². The topological polar surface area (TPSA) is 46.2 Å². The Kier molecular flexibility index (Phi) is 4.04. The first-order chi connectivity index (χ1) is 3.27. The SMILES string of the molecule is C[C@H](O)CCCN. The van der Waals surface area contributed by atoms with E-state index < -0.39 is 0 Å². The van der Waals surface area contributed by atoms with Crippen molar-refractivity contribution in [1.29, 1.82) is 0 Å². The third kappa shape index (κ3) is 5.92. The fraction of sp³-hybridized carbons (Fsp3) is 1.00. The zero-order chi connectivity index (χ0) is 5.70. The second kappa shape index (κ2) is 4.09. The van der Waals surface area contributed by atoms with Gasteiger partial charge in [0, 0.05) is 0 Å². The number of nitrogens with two attached hydrogens (primary N) is 1. The van der Waals surface area contributed by atoms with Gasteiger partial charge in [0.25, 0.3) is 0 Å². The summed E-state index contributed by atoms with van der Waals surface area (Å²) in [5.74, 6) is 0. The fourth-order valence-electron chi connectivity index (χ4n) is 0.413. The highest BCUT2D eigenvalue weighted by atomic mass is 16.3. The van der Waals surface area contributed by atoms with Crippen LogP contribution in [0.25, 0.3) is 0 Å². The van der Waals surface area contributed by atoms with Crippen LogP contribution in [0.2, 0.25) is 0 Å². The van der Waals surface area contributed by atoms with Crippen molar-refractivity contribution in [2.75, 3.05) is 6.54 Å². The van der Waals surface area contributed by atoms with Crippen LogP contribution in [0.15, 0.2) is 0 Å². The molecule has 2 nitrogen and oxygen atoms in total. The Morgan fingerprint density at radius 1 is 1.71 bits per heavy atom. The molecule has 44 valence electrons. The molecule has 0 saturated heterocycles. The molecule has 0 aliphatic carbocycles. The molecule has 3 N–H and O–H groups in total. The molecule has 0 spiro atoms. The highest BCUT2D eigenvalue weighted by Crippen LogP contribution is 1.91. The standard InChI is InChI=1S/C5H13NO/c1-5(7)3-2-4-6/h5,7H,2-4,6H2,1H3/t5-/m0/s1. The monoisotopic (exact) mass is 103 g/mol. The van der Waals surface area contributed by atoms with Crippen molar-refractivity contribution < 1.29 is 5.11 Å². The van der Waals surface area contributed by atoms with E-state index in [1.165, 1.54) is 0 Å². The molecular weight excluding hydrogens is 90.1 g/mol. The highest BCUT2D eigenvalue weighted by Gasteiger charge is 1.90. The van der Waals surface area contributed by atoms with Gasteiger partial charge in [-0.3, -0.25) is 0 Å². The molecule has 0 aromatic heterocycles. The summed E-state index contributed by atoms with van der Waals surface area (Å²) in [6, 6.07) is 0. The minimum Gasteiger partial charge on any atom is -0.393 e. The summed E-state index contributed by atoms with van der Waals surface area (Å²) < 4.78 is 0. The second-order valence-corrected chi connectivity index (χ2v) is 1.78. The van der Waals surface area contributed by atoms with Gasteiger partial charge < -0.3 is 10.8 Å². The lowest BCUT2D eigenvalue weighted by Gasteiger charge is -1.98. The molecule has 1 atom stereocenters. The van der Waals surface area contributed by atoms with Crippen molar-refractivity contribution >= 4 is 0 Å². The zero-order valence-electron chi connectivity index (χ0n) is 4.72. The van der Waals surface area contributed by atoms with Gasteiger partial charge >= 0.3 is 0 Å². The third-order valence-corrected chi connectivity index (χ3v) is 0.826. The van der Waals surface area contributed by atoms with Crippen LogP contribution in [0.1, 0.15) is 19.8 Å². The van der Waals surface area contributed by atoms with E-state index in [0.29, 0.717) is 6.54 Å². The van der Waals surface area contributed by atoms with Crippen molar-refractivity contribution in [1.82, 2.24) is 0 Å². The summed E-state index contributed by atoms with van der Waals surface area (Å²) in [5, 5.41) is 8.63. The maximum Gasteiger partial charge on any atom is 0.0512 e. The molecule has 0 heterocycles. The van der Waals surface area contributed by atoms with Gasteiger partial charge in [0.05, 0.1) is 6.10 Å². The van der Waals surface area contributed by atoms with Crippen molar-refractivity contribution in [3.8, 4) is 0 Å². The van der Waals surface area contributed by atoms with Crippen molar-refractivity contribution in [2.45, 2.75) is 25.9 Å². The molecule has 2 heteroatoms. The Balaban J connectivity index is 2.68. The lowest BCUT2D eigenvalue weighted by atomic mass is 10.2. The van der Waals surface area contributed by atoms with Crippen LogP contribution >= 0.6 is 0 Å². The minimum atomic E-state index is -0.177. The van der Waals surface area contributed by atoms with Crippen LogP contribution in [0.3, 0.4) is 0 Å². The van der Waals surface area contributed by atoms with E-state index in [1.54, 1.807) is 6.92 Å². The van der Waals surface area contributed by atoms with Crippen LogP contribution in [-0.4, -0.2) is 17.8 Å². The summed E-state index contributed by atoms with van der Waals surface area (Å²) in [6.45, 7) is 2.46. The van der Waals surface area contributed by atoms with E-state index in [0.717, 1.165) is 12.8 Å². The molecule has 0 aromatic carbocycles. The first kappa shape index (κ1) is 6.92. The molecule has 0 aliphatic rings. The Labute approximate surface area is 44.3 Å². The molecule has 0 radical (unpaired) electrons. The highest BCUT2D eigenvalue weighted by molar-refractivity contribution is 4.45. The molecule has 0 amide bonds. The van der Waals surface area contributed by atoms with Gasteiger partial charge in [-0.1, -0.05) is 0 Å². The van der Waals surface area contributed by atoms with Crippen LogP contribution in [-0.2, 0) is 0 Å². The first-order valence-corrected chi connectivity index (χ1v) is 2.65. The summed E-state index contributed by atoms with van der Waals surface area (Å²) in [4.78, 5) is 0. The van der Waals surface area contributed by atoms with Gasteiger partial charge in [0.2, 0.25) is 0 Å². The average Bonchev–Trinajstić information content (AvgIpc) is 1.61. The second-order valence-electron chi connectivity index (χ2n) is 1.78. The van der Waals surface area contributed by atoms with E-state index >= 15 is 0 Å². The van der Waals surface area contributed by atoms with Crippen LogP contribution in [0.5, 0.6) is 0 Å². The van der Waals surface area contributed by atoms with E-state index in [9.17, 15) is 0 Å². The van der Waals surface area contributed by atoms with Gasteiger partial charge in [-0.25, -0.2) is 0 Å². The first-order valence-electron chi connectivity index (χ1n) is 2.65.